The first-order chi connectivity index (χ1) is 13.7. The number of rotatable bonds is 5. The molecule has 4 nitrogen and oxygen atoms in total. The van der Waals surface area contributed by atoms with E-state index in [0.29, 0.717) is 31.4 Å². The predicted octanol–water partition coefficient (Wildman–Crippen LogP) is 4.72. The van der Waals surface area contributed by atoms with Crippen LogP contribution in [0.1, 0.15) is 36.8 Å². The molecule has 0 bridgehead atoms. The Morgan fingerprint density at radius 2 is 1.69 bits per heavy atom. The largest absolute Gasteiger partial charge is 0.490 e. The van der Waals surface area contributed by atoms with Crippen molar-refractivity contribution in [2.24, 2.45) is 0 Å². The van der Waals surface area contributed by atoms with E-state index in [-0.39, 0.29) is 23.5 Å². The normalized spacial score (nSPS) is 19.4. The Labute approximate surface area is 165 Å². The van der Waals surface area contributed by atoms with Crippen molar-refractivity contribution in [1.29, 1.82) is 5.41 Å². The highest BCUT2D eigenvalue weighted by Crippen LogP contribution is 2.29. The van der Waals surface area contributed by atoms with Gasteiger partial charge in [-0.25, -0.2) is 4.39 Å². The Kier molecular flexibility index (Phi) is 6.20. The van der Waals surface area contributed by atoms with E-state index in [1.54, 1.807) is 12.1 Å². The minimum absolute atomic E-state index is 0.0588. The summed E-state index contributed by atoms with van der Waals surface area (Å²) in [5, 5.41) is 10.6. The monoisotopic (exact) mass is 408 g/mol. The molecule has 1 aliphatic rings. The maximum absolute atomic E-state index is 12.9. The van der Waals surface area contributed by atoms with Gasteiger partial charge in [-0.3, -0.25) is 10.2 Å². The highest BCUT2D eigenvalue weighted by Gasteiger charge is 2.31. The zero-order valence-electron chi connectivity index (χ0n) is 15.4. The smallest absolute Gasteiger partial charge is 0.416 e. The highest BCUT2D eigenvalue weighted by molar-refractivity contribution is 6.44. The van der Waals surface area contributed by atoms with Gasteiger partial charge in [-0.2, -0.15) is 13.2 Å². The molecule has 2 aromatic carbocycles. The van der Waals surface area contributed by atoms with Crippen LogP contribution >= 0.6 is 0 Å². The summed E-state index contributed by atoms with van der Waals surface area (Å²) >= 11 is 0. The molecule has 0 heterocycles. The van der Waals surface area contributed by atoms with Crippen LogP contribution in [-0.4, -0.2) is 23.8 Å². The van der Waals surface area contributed by atoms with Gasteiger partial charge in [0.25, 0.3) is 5.91 Å². The quantitative estimate of drug-likeness (QED) is 0.556. The number of alkyl halides is 3. The number of carbonyl (C=O) groups is 1. The van der Waals surface area contributed by atoms with Gasteiger partial charge in [0.1, 0.15) is 17.3 Å². The lowest BCUT2D eigenvalue weighted by atomic mass is 9.92. The van der Waals surface area contributed by atoms with Crippen molar-refractivity contribution in [2.75, 3.05) is 0 Å². The Bertz CT molecular complexity index is 873. The SMILES string of the molecule is N=C(C(=O)NC1CCC(Oc2ccc(F)cc2)CC1)c1cccc(C(F)(F)F)c1. The molecule has 0 spiro atoms. The molecule has 1 aliphatic carbocycles. The first kappa shape index (κ1) is 20.8. The van der Waals surface area contributed by atoms with Gasteiger partial charge in [0, 0.05) is 11.6 Å². The number of ether oxygens (including phenoxy) is 1. The number of amides is 1. The lowest BCUT2D eigenvalue weighted by molar-refractivity contribution is -0.137. The molecule has 154 valence electrons. The van der Waals surface area contributed by atoms with Gasteiger partial charge in [-0.15, -0.1) is 0 Å². The van der Waals surface area contributed by atoms with Crippen molar-refractivity contribution in [3.63, 3.8) is 0 Å². The van der Waals surface area contributed by atoms with Crippen molar-refractivity contribution >= 4 is 11.6 Å². The maximum Gasteiger partial charge on any atom is 0.416 e. The van der Waals surface area contributed by atoms with E-state index >= 15 is 0 Å². The van der Waals surface area contributed by atoms with Crippen molar-refractivity contribution in [2.45, 2.75) is 44.0 Å². The molecule has 1 saturated carbocycles. The Balaban J connectivity index is 1.51. The third kappa shape index (κ3) is 5.56. The summed E-state index contributed by atoms with van der Waals surface area (Å²) in [6.07, 6.45) is -2.02. The molecule has 0 aromatic heterocycles. The second kappa shape index (κ2) is 8.63. The van der Waals surface area contributed by atoms with Crippen molar-refractivity contribution in [1.82, 2.24) is 5.32 Å². The van der Waals surface area contributed by atoms with Gasteiger partial charge in [0.15, 0.2) is 0 Å². The van der Waals surface area contributed by atoms with Crippen molar-refractivity contribution < 1.29 is 27.1 Å². The fraction of sp³-hybridized carbons (Fsp3) is 0.333. The fourth-order valence-electron chi connectivity index (χ4n) is 3.27. The number of hydrogen-bond donors (Lipinski definition) is 2. The standard InChI is InChI=1S/C21H20F4N2O2/c22-15-4-8-17(9-5-15)29-18-10-6-16(7-11-18)27-20(28)19(26)13-2-1-3-14(12-13)21(23,24)25/h1-5,8-9,12,16,18,26H,6-7,10-11H2,(H,27,28). The molecule has 0 aliphatic heterocycles. The lowest BCUT2D eigenvalue weighted by Gasteiger charge is -2.29. The second-order valence-electron chi connectivity index (χ2n) is 6.97. The number of nitrogens with one attached hydrogen (secondary N) is 2. The van der Waals surface area contributed by atoms with E-state index in [1.165, 1.54) is 24.3 Å². The lowest BCUT2D eigenvalue weighted by Crippen LogP contribution is -2.42. The van der Waals surface area contributed by atoms with Gasteiger partial charge in [0.2, 0.25) is 0 Å². The molecule has 0 saturated heterocycles. The van der Waals surface area contributed by atoms with Crippen LogP contribution in [0.4, 0.5) is 17.6 Å². The fourth-order valence-corrected chi connectivity index (χ4v) is 3.27. The maximum atomic E-state index is 12.9. The molecule has 0 atom stereocenters. The van der Waals surface area contributed by atoms with Gasteiger partial charge >= 0.3 is 6.18 Å². The summed E-state index contributed by atoms with van der Waals surface area (Å²) in [5.74, 6) is -0.468. The van der Waals surface area contributed by atoms with Crippen LogP contribution in [0, 0.1) is 11.2 Å². The van der Waals surface area contributed by atoms with Gasteiger partial charge in [-0.1, -0.05) is 12.1 Å². The molecule has 0 radical (unpaired) electrons. The van der Waals surface area contributed by atoms with E-state index in [1.807, 2.05) is 0 Å². The third-order valence-corrected chi connectivity index (χ3v) is 4.83. The number of hydrogen-bond acceptors (Lipinski definition) is 3. The summed E-state index contributed by atoms with van der Waals surface area (Å²) in [6, 6.07) is 9.76. The van der Waals surface area contributed by atoms with Crippen LogP contribution in [0.15, 0.2) is 48.5 Å². The molecule has 2 N–H and O–H groups in total. The average Bonchev–Trinajstić information content (AvgIpc) is 2.70. The van der Waals surface area contributed by atoms with E-state index in [9.17, 15) is 22.4 Å². The van der Waals surface area contributed by atoms with Gasteiger partial charge in [0.05, 0.1) is 11.7 Å². The Hall–Kier alpha value is -2.90. The summed E-state index contributed by atoms with van der Waals surface area (Å²) < 4.78 is 57.2. The summed E-state index contributed by atoms with van der Waals surface area (Å²) in [5.41, 5.74) is -1.47. The molecule has 2 aromatic rings. The molecule has 29 heavy (non-hydrogen) atoms. The van der Waals surface area contributed by atoms with Crippen LogP contribution in [0.5, 0.6) is 5.75 Å². The molecule has 3 rings (SSSR count). The third-order valence-electron chi connectivity index (χ3n) is 4.83. The van der Waals surface area contributed by atoms with Crippen LogP contribution in [0.25, 0.3) is 0 Å². The number of carbonyl (C=O) groups excluding carboxylic acids is 1. The zero-order chi connectivity index (χ0) is 21.0. The van der Waals surface area contributed by atoms with Crippen LogP contribution < -0.4 is 10.1 Å². The van der Waals surface area contributed by atoms with Gasteiger partial charge < -0.3 is 10.1 Å². The second-order valence-corrected chi connectivity index (χ2v) is 6.97. The van der Waals surface area contributed by atoms with E-state index in [0.717, 1.165) is 12.1 Å². The zero-order valence-corrected chi connectivity index (χ0v) is 15.4. The van der Waals surface area contributed by atoms with Crippen LogP contribution in [-0.2, 0) is 11.0 Å². The Morgan fingerprint density at radius 1 is 1.03 bits per heavy atom. The van der Waals surface area contributed by atoms with E-state index in [2.05, 4.69) is 5.32 Å². The summed E-state index contributed by atoms with van der Waals surface area (Å²) in [6.45, 7) is 0. The summed E-state index contributed by atoms with van der Waals surface area (Å²) in [7, 11) is 0. The van der Waals surface area contributed by atoms with Crippen LogP contribution in [0.3, 0.4) is 0 Å². The molecule has 1 amide bonds. The number of halogens is 4. The molecular weight excluding hydrogens is 388 g/mol. The average molecular weight is 408 g/mol. The predicted molar refractivity (Wildman–Crippen MR) is 99.5 cm³/mol. The molecular formula is C21H20F4N2O2. The van der Waals surface area contributed by atoms with Crippen molar-refractivity contribution in [3.05, 3.63) is 65.5 Å². The molecule has 8 heteroatoms. The Morgan fingerprint density at radius 3 is 2.31 bits per heavy atom. The minimum atomic E-state index is -4.53. The highest BCUT2D eigenvalue weighted by atomic mass is 19.4. The van der Waals surface area contributed by atoms with Crippen molar-refractivity contribution in [3.8, 4) is 5.75 Å². The van der Waals surface area contributed by atoms with E-state index < -0.39 is 23.4 Å². The first-order valence-electron chi connectivity index (χ1n) is 9.21. The molecule has 1 fully saturated rings. The van der Waals surface area contributed by atoms with Gasteiger partial charge in [-0.05, 0) is 62.1 Å². The first-order valence-corrected chi connectivity index (χ1v) is 9.21. The minimum Gasteiger partial charge on any atom is -0.490 e. The summed E-state index contributed by atoms with van der Waals surface area (Å²) in [4.78, 5) is 12.3. The molecule has 0 unspecified atom stereocenters. The van der Waals surface area contributed by atoms with E-state index in [4.69, 9.17) is 10.1 Å². The topological polar surface area (TPSA) is 62.2 Å². The number of benzene rings is 2. The van der Waals surface area contributed by atoms with Crippen LogP contribution in [0.2, 0.25) is 0 Å².